The lowest BCUT2D eigenvalue weighted by Gasteiger charge is -2.32. The molecule has 13 heteroatoms. The van der Waals surface area contributed by atoms with Crippen molar-refractivity contribution < 1.29 is 33.4 Å². The zero-order valence-electron chi connectivity index (χ0n) is 27.2. The Morgan fingerprint density at radius 1 is 1.09 bits per heavy atom. The van der Waals surface area contributed by atoms with Gasteiger partial charge in [0.25, 0.3) is 5.91 Å². The van der Waals surface area contributed by atoms with Gasteiger partial charge < -0.3 is 29.7 Å². The number of aryl methyl sites for hydroxylation is 2. The Kier molecular flexibility index (Phi) is 11.8. The summed E-state index contributed by atoms with van der Waals surface area (Å²) in [7, 11) is 1.50. The maximum absolute atomic E-state index is 13.6. The number of nitrogens with zero attached hydrogens (tertiary/aromatic N) is 3. The fourth-order valence-corrected chi connectivity index (χ4v) is 5.80. The molecule has 2 heterocycles. The van der Waals surface area contributed by atoms with E-state index >= 15 is 0 Å². The maximum atomic E-state index is 13.6. The molecular weight excluding hydrogens is 594 g/mol. The van der Waals surface area contributed by atoms with E-state index in [9.17, 15) is 24.0 Å². The summed E-state index contributed by atoms with van der Waals surface area (Å²) in [4.78, 5) is 70.8. The van der Waals surface area contributed by atoms with Crippen LogP contribution in [0.2, 0.25) is 0 Å². The highest BCUT2D eigenvalue weighted by Crippen LogP contribution is 2.43. The molecule has 2 bridgehead atoms. The molecule has 1 aromatic carbocycles. The largest absolute Gasteiger partial charge is 0.493 e. The minimum atomic E-state index is -1.00. The summed E-state index contributed by atoms with van der Waals surface area (Å²) in [6.07, 6.45) is 3.33. The Morgan fingerprint density at radius 2 is 1.87 bits per heavy atom. The third kappa shape index (κ3) is 9.30. The molecule has 1 fully saturated rings. The van der Waals surface area contributed by atoms with Gasteiger partial charge in [-0.05, 0) is 69.7 Å². The summed E-state index contributed by atoms with van der Waals surface area (Å²) in [5.74, 6) is -0.239. The molecule has 1 unspecified atom stereocenters. The number of ether oxygens (including phenoxy) is 3. The van der Waals surface area contributed by atoms with Crippen LogP contribution in [0.1, 0.15) is 56.0 Å². The van der Waals surface area contributed by atoms with E-state index in [0.29, 0.717) is 48.1 Å². The number of carbonyl (C=O) groups excluding carboxylic acids is 4. The van der Waals surface area contributed by atoms with E-state index < -0.39 is 17.0 Å². The first-order valence-corrected chi connectivity index (χ1v) is 15.9. The molecule has 2 aromatic rings. The minimum absolute atomic E-state index is 0.0943. The Balaban J connectivity index is 1.58. The van der Waals surface area contributed by atoms with Crippen molar-refractivity contribution in [3.63, 3.8) is 0 Å². The Morgan fingerprint density at radius 3 is 2.57 bits per heavy atom. The van der Waals surface area contributed by atoms with Crippen molar-refractivity contribution in [2.24, 2.45) is 11.3 Å². The Hall–Kier alpha value is -4.42. The molecule has 4 rings (SSSR count). The van der Waals surface area contributed by atoms with E-state index in [4.69, 9.17) is 14.2 Å². The molecule has 1 saturated carbocycles. The molecule has 0 saturated heterocycles. The van der Waals surface area contributed by atoms with Gasteiger partial charge in [-0.2, -0.15) is 4.98 Å². The van der Waals surface area contributed by atoms with Gasteiger partial charge in [0.2, 0.25) is 11.8 Å². The SMILES string of the molecule is CCOC(=O)C1(CC2CC2)CNC(=O)CCCN(C(=O)Cn2c(C)cc(C)nc2=O)CCNC(=O)COc2cc(ccc2OC)C1. The number of benzene rings is 1. The highest BCUT2D eigenvalue weighted by Gasteiger charge is 2.44. The molecule has 1 atom stereocenters. The number of hydrogen-bond donors (Lipinski definition) is 2. The number of methoxy groups -OCH3 is 1. The van der Waals surface area contributed by atoms with E-state index in [1.54, 1.807) is 39.0 Å². The van der Waals surface area contributed by atoms with Crippen LogP contribution in [0.15, 0.2) is 29.1 Å². The van der Waals surface area contributed by atoms with Crippen LogP contribution in [0, 0.1) is 25.2 Å². The van der Waals surface area contributed by atoms with Crippen LogP contribution in [0.4, 0.5) is 0 Å². The molecule has 2 N–H and O–H groups in total. The van der Waals surface area contributed by atoms with Gasteiger partial charge in [-0.1, -0.05) is 18.9 Å². The predicted molar refractivity (Wildman–Crippen MR) is 168 cm³/mol. The summed E-state index contributed by atoms with van der Waals surface area (Å²) in [5, 5.41) is 5.75. The Bertz CT molecular complexity index is 1490. The van der Waals surface area contributed by atoms with Gasteiger partial charge >= 0.3 is 11.7 Å². The molecule has 46 heavy (non-hydrogen) atoms. The average molecular weight is 640 g/mol. The van der Waals surface area contributed by atoms with Crippen LogP contribution >= 0.6 is 0 Å². The van der Waals surface area contributed by atoms with Crippen LogP contribution in [0.25, 0.3) is 0 Å². The van der Waals surface area contributed by atoms with Crippen LogP contribution in [0.3, 0.4) is 0 Å². The zero-order chi connectivity index (χ0) is 33.3. The third-order valence-corrected chi connectivity index (χ3v) is 8.37. The lowest BCUT2D eigenvalue weighted by molar-refractivity contribution is -0.156. The number of carbonyl (C=O) groups is 4. The normalized spacial score (nSPS) is 20.0. The van der Waals surface area contributed by atoms with Crippen molar-refractivity contribution in [3.05, 3.63) is 51.7 Å². The highest BCUT2D eigenvalue weighted by molar-refractivity contribution is 5.81. The first kappa shape index (κ1) is 34.5. The second-order valence-corrected chi connectivity index (χ2v) is 12.1. The number of esters is 1. The summed E-state index contributed by atoms with van der Waals surface area (Å²) < 4.78 is 18.2. The molecule has 13 nitrogen and oxygen atoms in total. The summed E-state index contributed by atoms with van der Waals surface area (Å²) in [6, 6.07) is 7.05. The number of aromatic nitrogens is 2. The summed E-state index contributed by atoms with van der Waals surface area (Å²) >= 11 is 0. The Labute approximate surface area is 269 Å². The number of hydrogen-bond acceptors (Lipinski definition) is 9. The predicted octanol–water partition coefficient (Wildman–Crippen LogP) is 1.69. The standard InChI is InChI=1S/C33H45N5O8/c1-5-45-31(42)33(17-24-8-9-24)18-25-10-11-26(44-4)27(16-25)46-20-29(40)34-12-14-37(13-6-7-28(39)35-21-33)30(41)19-38-23(3)15-22(2)36-32(38)43/h10-11,15-16,24H,5-9,12-14,17-21H2,1-4H3,(H,34,40)(H,35,39). The second kappa shape index (κ2) is 15.7. The van der Waals surface area contributed by atoms with Crippen LogP contribution in [-0.4, -0.2) is 84.6 Å². The monoisotopic (exact) mass is 639 g/mol. The van der Waals surface area contributed by atoms with Crippen molar-refractivity contribution >= 4 is 23.7 Å². The van der Waals surface area contributed by atoms with Gasteiger partial charge in [0.05, 0.1) is 19.1 Å². The van der Waals surface area contributed by atoms with Crippen molar-refractivity contribution in [1.82, 2.24) is 25.1 Å². The summed E-state index contributed by atoms with van der Waals surface area (Å²) in [5.41, 5.74) is 0.428. The van der Waals surface area contributed by atoms with Gasteiger partial charge in [0, 0.05) is 44.0 Å². The quantitative estimate of drug-likeness (QED) is 0.430. The van der Waals surface area contributed by atoms with Gasteiger partial charge in [-0.3, -0.25) is 23.7 Å². The molecular formula is C33H45N5O8. The lowest BCUT2D eigenvalue weighted by atomic mass is 9.76. The van der Waals surface area contributed by atoms with Gasteiger partial charge in [-0.15, -0.1) is 0 Å². The van der Waals surface area contributed by atoms with E-state index in [1.807, 2.05) is 6.07 Å². The van der Waals surface area contributed by atoms with Crippen LogP contribution in [0.5, 0.6) is 11.5 Å². The highest BCUT2D eigenvalue weighted by atomic mass is 16.5. The average Bonchev–Trinajstić information content (AvgIpc) is 3.83. The number of amides is 3. The van der Waals surface area contributed by atoms with Crippen LogP contribution < -0.4 is 25.8 Å². The van der Waals surface area contributed by atoms with E-state index in [2.05, 4.69) is 15.6 Å². The van der Waals surface area contributed by atoms with Gasteiger partial charge in [-0.25, -0.2) is 4.79 Å². The van der Waals surface area contributed by atoms with E-state index in [1.165, 1.54) is 16.6 Å². The minimum Gasteiger partial charge on any atom is -0.493 e. The number of fused-ring (bicyclic) bond motifs is 2. The topological polar surface area (TPSA) is 158 Å². The molecule has 1 aliphatic carbocycles. The fourth-order valence-electron chi connectivity index (χ4n) is 5.80. The van der Waals surface area contributed by atoms with Crippen molar-refractivity contribution in [3.8, 4) is 11.5 Å². The molecule has 3 amide bonds. The summed E-state index contributed by atoms with van der Waals surface area (Å²) in [6.45, 7) is 5.51. The third-order valence-electron chi connectivity index (χ3n) is 8.37. The smallest absolute Gasteiger partial charge is 0.348 e. The molecule has 1 aromatic heterocycles. The van der Waals surface area contributed by atoms with E-state index in [0.717, 1.165) is 18.4 Å². The number of nitrogens with one attached hydrogen (secondary N) is 2. The molecule has 250 valence electrons. The van der Waals surface area contributed by atoms with Gasteiger partial charge in [0.1, 0.15) is 6.54 Å². The van der Waals surface area contributed by atoms with Crippen molar-refractivity contribution in [1.29, 1.82) is 0 Å². The molecule has 1 aliphatic heterocycles. The van der Waals surface area contributed by atoms with Crippen LogP contribution in [-0.2, 0) is 36.9 Å². The van der Waals surface area contributed by atoms with E-state index in [-0.39, 0.29) is 70.1 Å². The number of rotatable bonds is 7. The maximum Gasteiger partial charge on any atom is 0.348 e. The zero-order valence-corrected chi connectivity index (χ0v) is 27.2. The molecule has 2 aliphatic rings. The molecule has 0 radical (unpaired) electrons. The lowest BCUT2D eigenvalue weighted by Crippen LogP contribution is -2.46. The molecule has 0 spiro atoms. The van der Waals surface area contributed by atoms with Crippen molar-refractivity contribution in [2.45, 2.75) is 65.8 Å². The second-order valence-electron chi connectivity index (χ2n) is 12.1. The first-order chi connectivity index (χ1) is 22.0. The first-order valence-electron chi connectivity index (χ1n) is 15.9. The fraction of sp³-hybridized carbons (Fsp3) is 0.576. The van der Waals surface area contributed by atoms with Crippen molar-refractivity contribution in [2.75, 3.05) is 46.5 Å². The van der Waals surface area contributed by atoms with Gasteiger partial charge in [0.15, 0.2) is 18.1 Å².